The Morgan fingerprint density at radius 1 is 1.57 bits per heavy atom. The first-order valence-corrected chi connectivity index (χ1v) is 4.09. The number of nitrogens with one attached hydrogen (secondary N) is 2. The summed E-state index contributed by atoms with van der Waals surface area (Å²) in [4.78, 5) is 7.23. The van der Waals surface area contributed by atoms with Crippen LogP contribution in [0.1, 0.15) is 6.92 Å². The van der Waals surface area contributed by atoms with E-state index in [1.54, 1.807) is 6.92 Å². The summed E-state index contributed by atoms with van der Waals surface area (Å²) in [5, 5.41) is 5.07. The van der Waals surface area contributed by atoms with Crippen molar-refractivity contribution in [3.8, 4) is 0 Å². The molecule has 1 aliphatic heterocycles. The normalized spacial score (nSPS) is 15.4. The topological polar surface area (TPSA) is 65.4 Å². The Bertz CT molecular complexity index is 394. The predicted molar refractivity (Wildman–Crippen MR) is 48.9 cm³/mol. The van der Waals surface area contributed by atoms with E-state index in [1.165, 1.54) is 5.01 Å². The predicted octanol–water partition coefficient (Wildman–Crippen LogP) is 0.432. The van der Waals surface area contributed by atoms with E-state index in [1.807, 2.05) is 0 Å². The minimum atomic E-state index is -0.583. The molecule has 14 heavy (non-hydrogen) atoms. The lowest BCUT2D eigenvalue weighted by Crippen LogP contribution is -2.41. The van der Waals surface area contributed by atoms with Crippen LogP contribution in [0.4, 0.5) is 10.2 Å². The third-order valence-corrected chi connectivity index (χ3v) is 1.79. The molecule has 74 valence electrons. The van der Waals surface area contributed by atoms with Gasteiger partial charge in [0.1, 0.15) is 5.84 Å². The number of halogens is 2. The van der Waals surface area contributed by atoms with Gasteiger partial charge in [-0.1, -0.05) is 0 Å². The van der Waals surface area contributed by atoms with E-state index in [-0.39, 0.29) is 11.1 Å². The van der Waals surface area contributed by atoms with Crippen molar-refractivity contribution in [2.45, 2.75) is 6.92 Å². The number of nitrogens with zero attached hydrogens (tertiary/aromatic N) is 4. The molecule has 0 fully saturated rings. The fraction of sp³-hybridized carbons (Fsp3) is 0.167. The van der Waals surface area contributed by atoms with Crippen molar-refractivity contribution >= 4 is 23.3 Å². The molecule has 1 aromatic heterocycles. The molecular formula is C6H6ClFN6. The monoisotopic (exact) mass is 216 g/mol. The van der Waals surface area contributed by atoms with Gasteiger partial charge in [-0.15, -0.1) is 10.6 Å². The summed E-state index contributed by atoms with van der Waals surface area (Å²) in [7, 11) is 0. The third-order valence-electron chi connectivity index (χ3n) is 1.61. The van der Waals surface area contributed by atoms with Crippen LogP contribution >= 0.6 is 11.6 Å². The molecule has 0 saturated heterocycles. The highest BCUT2D eigenvalue weighted by molar-refractivity contribution is 6.28. The average molecular weight is 217 g/mol. The van der Waals surface area contributed by atoms with Gasteiger partial charge in [0.05, 0.1) is 6.20 Å². The molecular weight excluding hydrogens is 211 g/mol. The molecule has 0 atom stereocenters. The Kier molecular flexibility index (Phi) is 2.18. The molecule has 0 aliphatic carbocycles. The standard InChI is InChI=1S/C6H6ClFN6/c1-3-11-12-13-14(3)5-4(8)2-9-6(7)10-5/h2,12-13H,1H3. The molecule has 0 radical (unpaired) electrons. The third kappa shape index (κ3) is 1.47. The number of hydrazine groups is 2. The minimum absolute atomic E-state index is 0.0243. The van der Waals surface area contributed by atoms with Crippen LogP contribution in [0.3, 0.4) is 0 Å². The molecule has 2 N–H and O–H groups in total. The van der Waals surface area contributed by atoms with Crippen LogP contribution in [0.25, 0.3) is 0 Å². The summed E-state index contributed by atoms with van der Waals surface area (Å²) in [6, 6.07) is 0. The van der Waals surface area contributed by atoms with Crippen molar-refractivity contribution in [1.29, 1.82) is 0 Å². The van der Waals surface area contributed by atoms with Crippen LogP contribution in [0.15, 0.2) is 11.3 Å². The van der Waals surface area contributed by atoms with Gasteiger partial charge in [-0.25, -0.2) is 19.9 Å². The first-order chi connectivity index (χ1) is 6.68. The van der Waals surface area contributed by atoms with Crippen molar-refractivity contribution in [3.05, 3.63) is 17.3 Å². The molecule has 0 saturated carbocycles. The van der Waals surface area contributed by atoms with Gasteiger partial charge < -0.3 is 0 Å². The Morgan fingerprint density at radius 2 is 2.36 bits per heavy atom. The quantitative estimate of drug-likeness (QED) is 0.667. The Morgan fingerprint density at radius 3 is 3.00 bits per heavy atom. The maximum Gasteiger partial charge on any atom is 0.224 e. The van der Waals surface area contributed by atoms with Gasteiger partial charge in [0.25, 0.3) is 0 Å². The fourth-order valence-electron chi connectivity index (χ4n) is 0.987. The van der Waals surface area contributed by atoms with Crippen LogP contribution in [-0.2, 0) is 0 Å². The van der Waals surface area contributed by atoms with Gasteiger partial charge in [0, 0.05) is 0 Å². The van der Waals surface area contributed by atoms with Gasteiger partial charge in [-0.05, 0) is 18.5 Å². The second kappa shape index (κ2) is 3.35. The van der Waals surface area contributed by atoms with Crippen molar-refractivity contribution in [3.63, 3.8) is 0 Å². The summed E-state index contributed by atoms with van der Waals surface area (Å²) < 4.78 is 13.2. The van der Waals surface area contributed by atoms with E-state index in [0.717, 1.165) is 6.20 Å². The summed E-state index contributed by atoms with van der Waals surface area (Å²) in [6.45, 7) is 1.68. The molecule has 1 aliphatic rings. The molecule has 8 heteroatoms. The minimum Gasteiger partial charge on any atom is -0.223 e. The SMILES string of the molecule is CC1=NNNN1c1nc(Cl)ncc1F. The van der Waals surface area contributed by atoms with Crippen LogP contribution in [0, 0.1) is 5.82 Å². The summed E-state index contributed by atoms with van der Waals surface area (Å²) in [5.41, 5.74) is 5.04. The maximum absolute atomic E-state index is 13.2. The first kappa shape index (κ1) is 9.10. The van der Waals surface area contributed by atoms with Crippen molar-refractivity contribution in [2.24, 2.45) is 5.10 Å². The van der Waals surface area contributed by atoms with E-state index in [9.17, 15) is 4.39 Å². The second-order valence-electron chi connectivity index (χ2n) is 2.53. The number of hydrogen-bond donors (Lipinski definition) is 2. The zero-order chi connectivity index (χ0) is 10.1. The fourth-order valence-corrected chi connectivity index (χ4v) is 1.12. The number of hydrazone groups is 1. The number of rotatable bonds is 1. The average Bonchev–Trinajstić information content (AvgIpc) is 2.56. The smallest absolute Gasteiger partial charge is 0.223 e. The van der Waals surface area contributed by atoms with Crippen LogP contribution in [0.5, 0.6) is 0 Å². The Balaban J connectivity index is 2.40. The Hall–Kier alpha value is -1.47. The second-order valence-corrected chi connectivity index (χ2v) is 2.87. The molecule has 0 amide bonds. The van der Waals surface area contributed by atoms with Crippen molar-refractivity contribution in [2.75, 3.05) is 5.01 Å². The Labute approximate surface area is 83.7 Å². The lowest BCUT2D eigenvalue weighted by Gasteiger charge is -2.15. The number of aromatic nitrogens is 2. The summed E-state index contributed by atoms with van der Waals surface area (Å²) in [5.74, 6) is -0.0323. The molecule has 0 unspecified atom stereocenters. The van der Waals surface area contributed by atoms with Gasteiger partial charge >= 0.3 is 0 Å². The van der Waals surface area contributed by atoms with Crippen molar-refractivity contribution < 1.29 is 4.39 Å². The molecule has 0 aromatic carbocycles. The van der Waals surface area contributed by atoms with Gasteiger partial charge in [-0.2, -0.15) is 4.98 Å². The van der Waals surface area contributed by atoms with E-state index < -0.39 is 5.82 Å². The number of amidine groups is 1. The van der Waals surface area contributed by atoms with E-state index >= 15 is 0 Å². The lowest BCUT2D eigenvalue weighted by molar-refractivity contribution is 0.578. The van der Waals surface area contributed by atoms with Crippen molar-refractivity contribution in [1.82, 2.24) is 21.0 Å². The van der Waals surface area contributed by atoms with Crippen LogP contribution in [0.2, 0.25) is 5.28 Å². The lowest BCUT2D eigenvalue weighted by atomic mass is 10.5. The highest BCUT2D eigenvalue weighted by atomic mass is 35.5. The molecule has 6 nitrogen and oxygen atoms in total. The zero-order valence-electron chi connectivity index (χ0n) is 7.12. The molecule has 0 bridgehead atoms. The van der Waals surface area contributed by atoms with E-state index in [0.29, 0.717) is 5.84 Å². The van der Waals surface area contributed by atoms with Gasteiger partial charge in [0.15, 0.2) is 11.6 Å². The van der Waals surface area contributed by atoms with Crippen LogP contribution < -0.4 is 16.1 Å². The first-order valence-electron chi connectivity index (χ1n) is 3.71. The van der Waals surface area contributed by atoms with Crippen LogP contribution in [-0.4, -0.2) is 15.8 Å². The van der Waals surface area contributed by atoms with Gasteiger partial charge in [0.2, 0.25) is 5.28 Å². The maximum atomic E-state index is 13.2. The summed E-state index contributed by atoms with van der Waals surface area (Å²) >= 11 is 5.54. The molecule has 2 rings (SSSR count). The van der Waals surface area contributed by atoms with Gasteiger partial charge in [-0.3, -0.25) is 0 Å². The number of anilines is 1. The number of hydrogen-bond acceptors (Lipinski definition) is 6. The zero-order valence-corrected chi connectivity index (χ0v) is 7.88. The highest BCUT2D eigenvalue weighted by Crippen LogP contribution is 2.16. The highest BCUT2D eigenvalue weighted by Gasteiger charge is 2.20. The molecule has 1 aromatic rings. The van der Waals surface area contributed by atoms with E-state index in [4.69, 9.17) is 11.6 Å². The summed E-state index contributed by atoms with van der Waals surface area (Å²) in [6.07, 6.45) is 0.998. The largest absolute Gasteiger partial charge is 0.224 e. The molecule has 0 spiro atoms. The molecule has 2 heterocycles. The van der Waals surface area contributed by atoms with E-state index in [2.05, 4.69) is 26.1 Å².